The van der Waals surface area contributed by atoms with E-state index in [9.17, 15) is 0 Å². The third-order valence-electron chi connectivity index (χ3n) is 3.69. The molecule has 1 aromatic carbocycles. The Bertz CT molecular complexity index is 635. The number of nitrogens with zero attached hydrogens (tertiary/aromatic N) is 2. The summed E-state index contributed by atoms with van der Waals surface area (Å²) >= 11 is 5.24. The molecule has 21 heavy (non-hydrogen) atoms. The number of rotatable bonds is 4. The number of hydrogen-bond donors (Lipinski definition) is 1. The van der Waals surface area contributed by atoms with Gasteiger partial charge in [-0.3, -0.25) is 0 Å². The van der Waals surface area contributed by atoms with Gasteiger partial charge in [-0.2, -0.15) is 0 Å². The van der Waals surface area contributed by atoms with Crippen molar-refractivity contribution in [3.63, 3.8) is 0 Å². The third kappa shape index (κ3) is 3.84. The lowest BCUT2D eigenvalue weighted by Gasteiger charge is -2.13. The summed E-state index contributed by atoms with van der Waals surface area (Å²) in [5.74, 6) is 0. The van der Waals surface area contributed by atoms with Crippen LogP contribution < -0.4 is 5.32 Å². The lowest BCUT2D eigenvalue weighted by Crippen LogP contribution is -2.12. The molecule has 0 saturated carbocycles. The summed E-state index contributed by atoms with van der Waals surface area (Å²) in [4.78, 5) is 10.2. The molecule has 1 unspecified atom stereocenters. The van der Waals surface area contributed by atoms with E-state index in [1.807, 2.05) is 20.9 Å². The maximum Gasteiger partial charge on any atom is 0.192 e. The molecule has 3 nitrogen and oxygen atoms in total. The smallest absolute Gasteiger partial charge is 0.192 e. The molecular weight excluding hydrogens is 346 g/mol. The molecule has 0 aliphatic carbocycles. The number of halogens is 1. The Balaban J connectivity index is 2.26. The molecule has 0 spiro atoms. The van der Waals surface area contributed by atoms with Gasteiger partial charge in [0.1, 0.15) is 0 Å². The van der Waals surface area contributed by atoms with Crippen molar-refractivity contribution in [2.45, 2.75) is 43.8 Å². The van der Waals surface area contributed by atoms with Gasteiger partial charge in [0, 0.05) is 26.8 Å². The van der Waals surface area contributed by atoms with Crippen LogP contribution in [0.1, 0.15) is 35.5 Å². The number of aromatic nitrogens is 2. The molecule has 0 amide bonds. The summed E-state index contributed by atoms with van der Waals surface area (Å²) in [5.41, 5.74) is 4.51. The highest BCUT2D eigenvalue weighted by Crippen LogP contribution is 2.31. The zero-order chi connectivity index (χ0) is 15.6. The summed E-state index contributed by atoms with van der Waals surface area (Å²) in [6.45, 7) is 8.26. The van der Waals surface area contributed by atoms with E-state index in [1.165, 1.54) is 11.1 Å². The van der Waals surface area contributed by atoms with Crippen molar-refractivity contribution in [2.24, 2.45) is 0 Å². The summed E-state index contributed by atoms with van der Waals surface area (Å²) in [6.07, 6.45) is 0. The van der Waals surface area contributed by atoms with Gasteiger partial charge in [-0.1, -0.05) is 22.0 Å². The fourth-order valence-corrected chi connectivity index (χ4v) is 3.73. The quantitative estimate of drug-likeness (QED) is 0.803. The van der Waals surface area contributed by atoms with Crippen molar-refractivity contribution in [1.82, 2.24) is 15.3 Å². The minimum atomic E-state index is 0.318. The van der Waals surface area contributed by atoms with Crippen LogP contribution in [0, 0.1) is 20.8 Å². The van der Waals surface area contributed by atoms with E-state index >= 15 is 0 Å². The highest BCUT2D eigenvalue weighted by molar-refractivity contribution is 9.10. The summed E-state index contributed by atoms with van der Waals surface area (Å²) in [7, 11) is 1.96. The number of hydrogen-bond acceptors (Lipinski definition) is 4. The Morgan fingerprint density at radius 2 is 1.76 bits per heavy atom. The predicted octanol–water partition coefficient (Wildman–Crippen LogP) is 4.60. The second-order valence-electron chi connectivity index (χ2n) is 5.10. The van der Waals surface area contributed by atoms with Crippen LogP contribution in [0.4, 0.5) is 0 Å². The van der Waals surface area contributed by atoms with Gasteiger partial charge in [-0.05, 0) is 69.8 Å². The number of benzene rings is 1. The Hall–Kier alpha value is -0.910. The van der Waals surface area contributed by atoms with Crippen molar-refractivity contribution >= 4 is 27.7 Å². The maximum atomic E-state index is 4.56. The topological polar surface area (TPSA) is 37.8 Å². The zero-order valence-electron chi connectivity index (χ0n) is 13.0. The van der Waals surface area contributed by atoms with E-state index in [2.05, 4.69) is 63.3 Å². The molecule has 1 aromatic heterocycles. The van der Waals surface area contributed by atoms with Crippen LogP contribution in [0.2, 0.25) is 0 Å². The normalized spacial score (nSPS) is 12.5. The second-order valence-corrected chi connectivity index (χ2v) is 6.99. The van der Waals surface area contributed by atoms with Crippen LogP contribution in [0.15, 0.2) is 32.7 Å². The van der Waals surface area contributed by atoms with Gasteiger partial charge in [-0.25, -0.2) is 9.97 Å². The SMILES string of the molecule is CNC(C)c1ccc(Sc2nc(C)c(C)c(C)n2)cc1Br. The Kier molecular flexibility index (Phi) is 5.41. The lowest BCUT2D eigenvalue weighted by molar-refractivity contribution is 0.649. The van der Waals surface area contributed by atoms with E-state index in [0.29, 0.717) is 6.04 Å². The fraction of sp³-hybridized carbons (Fsp3) is 0.375. The van der Waals surface area contributed by atoms with Crippen LogP contribution in [-0.2, 0) is 0 Å². The molecule has 112 valence electrons. The number of nitrogens with one attached hydrogen (secondary N) is 1. The first-order chi connectivity index (χ1) is 9.92. The van der Waals surface area contributed by atoms with Gasteiger partial charge in [-0.15, -0.1) is 0 Å². The van der Waals surface area contributed by atoms with Crippen molar-refractivity contribution in [1.29, 1.82) is 0 Å². The first-order valence-electron chi connectivity index (χ1n) is 6.88. The van der Waals surface area contributed by atoms with Crippen LogP contribution in [-0.4, -0.2) is 17.0 Å². The fourth-order valence-electron chi connectivity index (χ4n) is 1.97. The maximum absolute atomic E-state index is 4.56. The molecule has 2 aromatic rings. The Morgan fingerprint density at radius 3 is 2.29 bits per heavy atom. The highest BCUT2D eigenvalue weighted by atomic mass is 79.9. The van der Waals surface area contributed by atoms with Crippen molar-refractivity contribution in [3.8, 4) is 0 Å². The molecule has 0 aliphatic rings. The summed E-state index contributed by atoms with van der Waals surface area (Å²) < 4.78 is 1.11. The first kappa shape index (κ1) is 16.5. The van der Waals surface area contributed by atoms with Crippen LogP contribution in [0.5, 0.6) is 0 Å². The van der Waals surface area contributed by atoms with Crippen molar-refractivity contribution < 1.29 is 0 Å². The molecule has 1 heterocycles. The van der Waals surface area contributed by atoms with E-state index < -0.39 is 0 Å². The lowest BCUT2D eigenvalue weighted by atomic mass is 10.1. The average Bonchev–Trinajstić information content (AvgIpc) is 2.44. The Labute approximate surface area is 139 Å². The third-order valence-corrected chi connectivity index (χ3v) is 5.23. The minimum absolute atomic E-state index is 0.318. The summed E-state index contributed by atoms with van der Waals surface area (Å²) in [6, 6.07) is 6.70. The average molecular weight is 366 g/mol. The molecule has 0 bridgehead atoms. The molecule has 0 radical (unpaired) electrons. The van der Waals surface area contributed by atoms with Crippen LogP contribution in [0.25, 0.3) is 0 Å². The standard InChI is InChI=1S/C16H20BrN3S/c1-9-10(2)19-16(20-11(9)3)21-13-6-7-14(12(4)18-5)15(17)8-13/h6-8,12,18H,1-5H3. The zero-order valence-corrected chi connectivity index (χ0v) is 15.4. The predicted molar refractivity (Wildman–Crippen MR) is 92.0 cm³/mol. The first-order valence-corrected chi connectivity index (χ1v) is 8.49. The van der Waals surface area contributed by atoms with E-state index in [-0.39, 0.29) is 0 Å². The van der Waals surface area contributed by atoms with Crippen LogP contribution >= 0.6 is 27.7 Å². The molecule has 1 N–H and O–H groups in total. The van der Waals surface area contributed by atoms with E-state index in [0.717, 1.165) is 25.9 Å². The minimum Gasteiger partial charge on any atom is -0.313 e. The largest absolute Gasteiger partial charge is 0.313 e. The van der Waals surface area contributed by atoms with Gasteiger partial charge in [0.15, 0.2) is 5.16 Å². The Morgan fingerprint density at radius 1 is 1.14 bits per heavy atom. The van der Waals surface area contributed by atoms with Crippen LogP contribution in [0.3, 0.4) is 0 Å². The monoisotopic (exact) mass is 365 g/mol. The second kappa shape index (κ2) is 6.90. The molecule has 2 rings (SSSR count). The van der Waals surface area contributed by atoms with Gasteiger partial charge in [0.05, 0.1) is 0 Å². The van der Waals surface area contributed by atoms with Gasteiger partial charge in [0.2, 0.25) is 0 Å². The van der Waals surface area contributed by atoms with Crippen molar-refractivity contribution in [3.05, 3.63) is 45.2 Å². The van der Waals surface area contributed by atoms with Crippen molar-refractivity contribution in [2.75, 3.05) is 7.05 Å². The van der Waals surface area contributed by atoms with Gasteiger partial charge >= 0.3 is 0 Å². The molecule has 5 heteroatoms. The molecule has 0 saturated heterocycles. The van der Waals surface area contributed by atoms with Gasteiger partial charge < -0.3 is 5.32 Å². The molecule has 1 atom stereocenters. The number of aryl methyl sites for hydroxylation is 2. The summed E-state index contributed by atoms with van der Waals surface area (Å²) in [5, 5.41) is 4.05. The molecule has 0 fully saturated rings. The highest BCUT2D eigenvalue weighted by Gasteiger charge is 2.10. The van der Waals surface area contributed by atoms with Gasteiger partial charge in [0.25, 0.3) is 0 Å². The van der Waals surface area contributed by atoms with E-state index in [1.54, 1.807) is 11.8 Å². The molecule has 0 aliphatic heterocycles. The van der Waals surface area contributed by atoms with E-state index in [4.69, 9.17) is 0 Å². The molecular formula is C16H20BrN3S.